The highest BCUT2D eigenvalue weighted by atomic mass is 14.5. The van der Waals surface area contributed by atoms with Gasteiger partial charge in [-0.15, -0.1) is 0 Å². The Hall–Kier alpha value is -0.520. The molecule has 0 aromatic carbocycles. The molecule has 0 N–H and O–H groups in total. The first-order chi connectivity index (χ1) is 9.40. The zero-order valence-corrected chi connectivity index (χ0v) is 13.7. The zero-order chi connectivity index (χ0) is 14.1. The van der Waals surface area contributed by atoms with E-state index in [1.165, 1.54) is 38.5 Å². The Labute approximate surface area is 124 Å². The van der Waals surface area contributed by atoms with E-state index in [1.807, 2.05) is 0 Å². The van der Waals surface area contributed by atoms with Crippen LogP contribution in [0.3, 0.4) is 0 Å². The number of fused-ring (bicyclic) bond motifs is 4. The first-order valence-electron chi connectivity index (χ1n) is 8.83. The normalized spacial score (nSPS) is 47.8. The molecule has 0 heteroatoms. The standard InChI is InChI=1S/C20H30/c1-19(2)15-7-5-13(11-15)17(19)9-10-18-14-6-8-16(12-14)20(18,3)4/h9-10,13-16H,5-8,11-12H2,1-4H3/b17-9+,18-10+/t13-,14-,15+,16+/m1/s1. The molecule has 4 aliphatic rings. The van der Waals surface area contributed by atoms with E-state index in [9.17, 15) is 0 Å². The Morgan fingerprint density at radius 2 is 1.10 bits per heavy atom. The van der Waals surface area contributed by atoms with Gasteiger partial charge in [0.1, 0.15) is 0 Å². The number of hydrogen-bond acceptors (Lipinski definition) is 0. The highest BCUT2D eigenvalue weighted by molar-refractivity contribution is 5.35. The van der Waals surface area contributed by atoms with Gasteiger partial charge in [-0.3, -0.25) is 0 Å². The van der Waals surface area contributed by atoms with Gasteiger partial charge in [0.15, 0.2) is 0 Å². The summed E-state index contributed by atoms with van der Waals surface area (Å²) in [6, 6.07) is 0. The fourth-order valence-corrected chi connectivity index (χ4v) is 6.24. The van der Waals surface area contributed by atoms with E-state index < -0.39 is 0 Å². The van der Waals surface area contributed by atoms with Crippen molar-refractivity contribution in [1.29, 1.82) is 0 Å². The van der Waals surface area contributed by atoms with Gasteiger partial charge < -0.3 is 0 Å². The average molecular weight is 270 g/mol. The molecule has 4 saturated carbocycles. The van der Waals surface area contributed by atoms with Crippen LogP contribution >= 0.6 is 0 Å². The highest BCUT2D eigenvalue weighted by Crippen LogP contribution is 2.61. The molecule has 0 nitrogen and oxygen atoms in total. The molecule has 110 valence electrons. The smallest absolute Gasteiger partial charge is 0.0110 e. The van der Waals surface area contributed by atoms with E-state index in [1.54, 1.807) is 11.1 Å². The van der Waals surface area contributed by atoms with Crippen molar-refractivity contribution in [2.45, 2.75) is 66.2 Å². The molecule has 0 radical (unpaired) electrons. The van der Waals surface area contributed by atoms with Crippen LogP contribution in [0.15, 0.2) is 23.3 Å². The van der Waals surface area contributed by atoms with Gasteiger partial charge in [0.2, 0.25) is 0 Å². The second-order valence-electron chi connectivity index (χ2n) is 9.10. The molecule has 4 bridgehead atoms. The number of rotatable bonds is 1. The Kier molecular flexibility index (Phi) is 2.65. The van der Waals surface area contributed by atoms with E-state index in [2.05, 4.69) is 39.8 Å². The third-order valence-corrected chi connectivity index (χ3v) is 7.72. The van der Waals surface area contributed by atoms with Crippen molar-refractivity contribution in [3.8, 4) is 0 Å². The van der Waals surface area contributed by atoms with Crippen LogP contribution in [0.4, 0.5) is 0 Å². The van der Waals surface area contributed by atoms with Crippen molar-refractivity contribution in [2.24, 2.45) is 34.5 Å². The Balaban J connectivity index is 1.67. The van der Waals surface area contributed by atoms with Crippen molar-refractivity contribution < 1.29 is 0 Å². The van der Waals surface area contributed by atoms with Crippen LogP contribution in [0, 0.1) is 34.5 Å². The molecule has 4 aliphatic carbocycles. The molecule has 0 aliphatic heterocycles. The van der Waals surface area contributed by atoms with Crippen molar-refractivity contribution in [3.63, 3.8) is 0 Å². The van der Waals surface area contributed by atoms with E-state index in [4.69, 9.17) is 0 Å². The quantitative estimate of drug-likeness (QED) is 0.569. The third-order valence-electron chi connectivity index (χ3n) is 7.72. The van der Waals surface area contributed by atoms with Crippen LogP contribution < -0.4 is 0 Å². The van der Waals surface area contributed by atoms with Crippen LogP contribution in [-0.4, -0.2) is 0 Å². The Bertz CT molecular complexity index is 442. The molecule has 0 aromatic rings. The second kappa shape index (κ2) is 4.02. The summed E-state index contributed by atoms with van der Waals surface area (Å²) < 4.78 is 0. The molecule has 0 amide bonds. The van der Waals surface area contributed by atoms with Gasteiger partial charge in [-0.05, 0) is 73.0 Å². The minimum Gasteiger partial charge on any atom is -0.0622 e. The van der Waals surface area contributed by atoms with Crippen LogP contribution in [0.25, 0.3) is 0 Å². The van der Waals surface area contributed by atoms with Gasteiger partial charge in [-0.1, -0.05) is 51.0 Å². The van der Waals surface area contributed by atoms with E-state index in [0.29, 0.717) is 10.8 Å². The summed E-state index contributed by atoms with van der Waals surface area (Å²) in [7, 11) is 0. The van der Waals surface area contributed by atoms with Crippen LogP contribution in [0.5, 0.6) is 0 Å². The maximum atomic E-state index is 2.57. The molecule has 0 aromatic heterocycles. The van der Waals surface area contributed by atoms with E-state index >= 15 is 0 Å². The summed E-state index contributed by atoms with van der Waals surface area (Å²) in [4.78, 5) is 0. The second-order valence-corrected chi connectivity index (χ2v) is 9.10. The van der Waals surface area contributed by atoms with Crippen molar-refractivity contribution in [3.05, 3.63) is 23.3 Å². The summed E-state index contributed by atoms with van der Waals surface area (Å²) in [5.74, 6) is 3.75. The fraction of sp³-hybridized carbons (Fsp3) is 0.800. The predicted molar refractivity (Wildman–Crippen MR) is 85.4 cm³/mol. The minimum atomic E-state index is 0.474. The largest absolute Gasteiger partial charge is 0.0622 e. The van der Waals surface area contributed by atoms with Gasteiger partial charge in [0, 0.05) is 0 Å². The summed E-state index contributed by atoms with van der Waals surface area (Å²) in [5, 5.41) is 0. The SMILES string of the molecule is CC1(C)/C(=C/C=C2\[C@@H]3CC[C@@H](C3)C2(C)C)[C@@H]2CC[C@H]1C2. The van der Waals surface area contributed by atoms with E-state index in [0.717, 1.165) is 23.7 Å². The Morgan fingerprint density at radius 1 is 0.700 bits per heavy atom. The van der Waals surface area contributed by atoms with Gasteiger partial charge in [-0.25, -0.2) is 0 Å². The van der Waals surface area contributed by atoms with Crippen LogP contribution in [0.2, 0.25) is 0 Å². The zero-order valence-electron chi connectivity index (χ0n) is 13.7. The van der Waals surface area contributed by atoms with Crippen molar-refractivity contribution >= 4 is 0 Å². The predicted octanol–water partition coefficient (Wildman–Crippen LogP) is 5.75. The summed E-state index contributed by atoms with van der Waals surface area (Å²) in [6.45, 7) is 9.97. The highest BCUT2D eigenvalue weighted by Gasteiger charge is 2.50. The lowest BCUT2D eigenvalue weighted by molar-refractivity contribution is 0.285. The molecule has 4 fully saturated rings. The number of allylic oxidation sites excluding steroid dienone is 4. The van der Waals surface area contributed by atoms with Crippen molar-refractivity contribution in [2.75, 3.05) is 0 Å². The molecule has 0 unspecified atom stereocenters. The molecule has 20 heavy (non-hydrogen) atoms. The van der Waals surface area contributed by atoms with Gasteiger partial charge >= 0.3 is 0 Å². The Morgan fingerprint density at radius 3 is 1.40 bits per heavy atom. The first kappa shape index (κ1) is 13.2. The lowest BCUT2D eigenvalue weighted by Crippen LogP contribution is -2.24. The molecule has 0 saturated heterocycles. The lowest BCUT2D eigenvalue weighted by atomic mass is 9.71. The molecule has 0 spiro atoms. The van der Waals surface area contributed by atoms with Gasteiger partial charge in [0.05, 0.1) is 0 Å². The lowest BCUT2D eigenvalue weighted by Gasteiger charge is -2.34. The number of hydrogen-bond donors (Lipinski definition) is 0. The van der Waals surface area contributed by atoms with Gasteiger partial charge in [-0.2, -0.15) is 0 Å². The topological polar surface area (TPSA) is 0 Å². The fourth-order valence-electron chi connectivity index (χ4n) is 6.24. The maximum Gasteiger partial charge on any atom is -0.0110 e. The minimum absolute atomic E-state index is 0.474. The van der Waals surface area contributed by atoms with Gasteiger partial charge in [0.25, 0.3) is 0 Å². The monoisotopic (exact) mass is 270 g/mol. The first-order valence-corrected chi connectivity index (χ1v) is 8.83. The molecular weight excluding hydrogens is 240 g/mol. The summed E-state index contributed by atoms with van der Waals surface area (Å²) in [6.07, 6.45) is 13.9. The molecule has 0 heterocycles. The molecular formula is C20H30. The molecule has 4 atom stereocenters. The average Bonchev–Trinajstić information content (AvgIpc) is 3.07. The van der Waals surface area contributed by atoms with Crippen LogP contribution in [0.1, 0.15) is 66.2 Å². The summed E-state index contributed by atoms with van der Waals surface area (Å²) in [5.41, 5.74) is 4.50. The maximum absolute atomic E-state index is 2.57. The van der Waals surface area contributed by atoms with E-state index in [-0.39, 0.29) is 0 Å². The summed E-state index contributed by atoms with van der Waals surface area (Å²) >= 11 is 0. The van der Waals surface area contributed by atoms with Crippen molar-refractivity contribution in [1.82, 2.24) is 0 Å². The third kappa shape index (κ3) is 1.60. The van der Waals surface area contributed by atoms with Crippen LogP contribution in [-0.2, 0) is 0 Å². The molecule has 4 rings (SSSR count).